The summed E-state index contributed by atoms with van der Waals surface area (Å²) in [5.74, 6) is 1.35. The molecule has 0 aliphatic heterocycles. The molecular weight excluding hydrogens is 186 g/mol. The fourth-order valence-corrected chi connectivity index (χ4v) is 1.84. The number of nitrogens with zero attached hydrogens (tertiary/aromatic N) is 1. The van der Waals surface area contributed by atoms with Crippen molar-refractivity contribution in [2.75, 3.05) is 5.73 Å². The van der Waals surface area contributed by atoms with Crippen LogP contribution in [-0.4, -0.2) is 10.2 Å². The Morgan fingerprint density at radius 3 is 2.47 bits per heavy atom. The van der Waals surface area contributed by atoms with E-state index in [0.717, 1.165) is 17.2 Å². The van der Waals surface area contributed by atoms with Crippen LogP contribution in [0.15, 0.2) is 30.3 Å². The van der Waals surface area contributed by atoms with Gasteiger partial charge in [0.25, 0.3) is 0 Å². The summed E-state index contributed by atoms with van der Waals surface area (Å²) in [6.07, 6.45) is 2.69. The molecule has 1 aliphatic rings. The number of benzene rings is 1. The summed E-state index contributed by atoms with van der Waals surface area (Å²) >= 11 is 0. The molecule has 0 radical (unpaired) electrons. The van der Waals surface area contributed by atoms with Gasteiger partial charge in [0, 0.05) is 6.07 Å². The van der Waals surface area contributed by atoms with Gasteiger partial charge in [-0.2, -0.15) is 5.10 Å². The van der Waals surface area contributed by atoms with E-state index in [4.69, 9.17) is 5.73 Å². The highest BCUT2D eigenvalue weighted by Gasteiger charge is 2.22. The van der Waals surface area contributed by atoms with Gasteiger partial charge in [0.2, 0.25) is 0 Å². The normalized spacial score (nSPS) is 15.5. The first-order valence-corrected chi connectivity index (χ1v) is 5.24. The van der Waals surface area contributed by atoms with E-state index in [-0.39, 0.29) is 0 Å². The zero-order valence-electron chi connectivity index (χ0n) is 8.40. The quantitative estimate of drug-likeness (QED) is 0.780. The van der Waals surface area contributed by atoms with Gasteiger partial charge in [0.1, 0.15) is 5.82 Å². The Morgan fingerprint density at radius 1 is 1.20 bits per heavy atom. The van der Waals surface area contributed by atoms with Crippen LogP contribution in [0.1, 0.15) is 24.3 Å². The van der Waals surface area contributed by atoms with Crippen molar-refractivity contribution >= 4 is 5.82 Å². The number of hydrogen-bond acceptors (Lipinski definition) is 2. The number of H-pyrrole nitrogens is 1. The van der Waals surface area contributed by atoms with Gasteiger partial charge in [0.05, 0.1) is 5.69 Å². The van der Waals surface area contributed by atoms with Crippen LogP contribution in [0.3, 0.4) is 0 Å². The molecule has 0 amide bonds. The molecule has 2 aromatic rings. The Morgan fingerprint density at radius 2 is 1.93 bits per heavy atom. The zero-order chi connectivity index (χ0) is 10.3. The van der Waals surface area contributed by atoms with E-state index in [1.807, 2.05) is 6.07 Å². The van der Waals surface area contributed by atoms with Crippen molar-refractivity contribution in [1.29, 1.82) is 0 Å². The van der Waals surface area contributed by atoms with E-state index in [1.165, 1.54) is 18.4 Å². The zero-order valence-corrected chi connectivity index (χ0v) is 8.40. The lowest BCUT2D eigenvalue weighted by molar-refractivity contribution is 1.10. The first-order valence-electron chi connectivity index (χ1n) is 5.24. The van der Waals surface area contributed by atoms with E-state index in [0.29, 0.717) is 5.82 Å². The lowest BCUT2D eigenvalue weighted by Crippen LogP contribution is -1.81. The summed E-state index contributed by atoms with van der Waals surface area (Å²) in [6, 6.07) is 10.5. The van der Waals surface area contributed by atoms with Crippen LogP contribution in [-0.2, 0) is 0 Å². The van der Waals surface area contributed by atoms with Crippen molar-refractivity contribution in [2.24, 2.45) is 0 Å². The molecule has 0 atom stereocenters. The maximum atomic E-state index is 5.56. The average molecular weight is 199 g/mol. The average Bonchev–Trinajstić information content (AvgIpc) is 3.02. The van der Waals surface area contributed by atoms with Crippen LogP contribution >= 0.6 is 0 Å². The Hall–Kier alpha value is -1.77. The van der Waals surface area contributed by atoms with Gasteiger partial charge in [-0.05, 0) is 29.9 Å². The maximum Gasteiger partial charge on any atom is 0.145 e. The number of aromatic amines is 1. The van der Waals surface area contributed by atoms with Gasteiger partial charge in [-0.3, -0.25) is 5.10 Å². The van der Waals surface area contributed by atoms with E-state index in [2.05, 4.69) is 34.5 Å². The lowest BCUT2D eigenvalue weighted by Gasteiger charge is -2.00. The molecular formula is C12H13N3. The van der Waals surface area contributed by atoms with E-state index in [1.54, 1.807) is 0 Å². The molecule has 3 heteroatoms. The summed E-state index contributed by atoms with van der Waals surface area (Å²) < 4.78 is 0. The molecule has 3 N–H and O–H groups in total. The number of rotatable bonds is 2. The minimum absolute atomic E-state index is 0.538. The predicted octanol–water partition coefficient (Wildman–Crippen LogP) is 2.54. The largest absolute Gasteiger partial charge is 0.382 e. The minimum Gasteiger partial charge on any atom is -0.382 e. The maximum absolute atomic E-state index is 5.56. The SMILES string of the molecule is Nc1cc(-c2ccc(C3CC3)cc2)[nH]n1. The minimum atomic E-state index is 0.538. The Labute approximate surface area is 88.3 Å². The van der Waals surface area contributed by atoms with Gasteiger partial charge in [0.15, 0.2) is 0 Å². The van der Waals surface area contributed by atoms with Crippen LogP contribution in [0.2, 0.25) is 0 Å². The highest BCUT2D eigenvalue weighted by atomic mass is 15.2. The second-order valence-corrected chi connectivity index (χ2v) is 4.10. The second-order valence-electron chi connectivity index (χ2n) is 4.10. The van der Waals surface area contributed by atoms with Crippen LogP contribution in [0.25, 0.3) is 11.3 Å². The Kier molecular flexibility index (Phi) is 1.78. The number of nitrogens with two attached hydrogens (primary N) is 1. The molecule has 1 aliphatic carbocycles. The number of nitrogens with one attached hydrogen (secondary N) is 1. The molecule has 1 heterocycles. The third-order valence-electron chi connectivity index (χ3n) is 2.87. The highest BCUT2D eigenvalue weighted by Crippen LogP contribution is 2.40. The Balaban J connectivity index is 1.92. The Bertz CT molecular complexity index is 466. The van der Waals surface area contributed by atoms with Gasteiger partial charge in [-0.1, -0.05) is 24.3 Å². The third kappa shape index (κ3) is 1.61. The van der Waals surface area contributed by atoms with Gasteiger partial charge in [-0.15, -0.1) is 0 Å². The third-order valence-corrected chi connectivity index (χ3v) is 2.87. The number of anilines is 1. The van der Waals surface area contributed by atoms with Gasteiger partial charge >= 0.3 is 0 Å². The molecule has 15 heavy (non-hydrogen) atoms. The van der Waals surface area contributed by atoms with Crippen molar-refractivity contribution in [3.8, 4) is 11.3 Å². The van der Waals surface area contributed by atoms with E-state index < -0.39 is 0 Å². The molecule has 1 fully saturated rings. The number of hydrogen-bond donors (Lipinski definition) is 2. The van der Waals surface area contributed by atoms with Gasteiger partial charge < -0.3 is 5.73 Å². The molecule has 1 aromatic heterocycles. The van der Waals surface area contributed by atoms with Crippen molar-refractivity contribution in [3.05, 3.63) is 35.9 Å². The molecule has 0 spiro atoms. The molecule has 0 unspecified atom stereocenters. The summed E-state index contributed by atoms with van der Waals surface area (Å²) in [7, 11) is 0. The van der Waals surface area contributed by atoms with E-state index in [9.17, 15) is 0 Å². The fourth-order valence-electron chi connectivity index (χ4n) is 1.84. The lowest BCUT2D eigenvalue weighted by atomic mass is 10.1. The summed E-state index contributed by atoms with van der Waals surface area (Å²) in [6.45, 7) is 0. The van der Waals surface area contributed by atoms with Crippen LogP contribution in [0, 0.1) is 0 Å². The standard InChI is InChI=1S/C12H13N3/c13-12-7-11(14-15-12)10-5-3-9(4-6-10)8-1-2-8/h3-8H,1-2H2,(H3,13,14,15). The number of aromatic nitrogens is 2. The van der Waals surface area contributed by atoms with Crippen molar-refractivity contribution in [2.45, 2.75) is 18.8 Å². The number of nitrogen functional groups attached to an aromatic ring is 1. The van der Waals surface area contributed by atoms with Crippen LogP contribution < -0.4 is 5.73 Å². The monoisotopic (exact) mass is 199 g/mol. The van der Waals surface area contributed by atoms with Crippen molar-refractivity contribution < 1.29 is 0 Å². The molecule has 1 aromatic carbocycles. The van der Waals surface area contributed by atoms with Crippen molar-refractivity contribution in [3.63, 3.8) is 0 Å². The first kappa shape index (κ1) is 8.53. The molecule has 3 nitrogen and oxygen atoms in total. The summed E-state index contributed by atoms with van der Waals surface area (Å²) in [4.78, 5) is 0. The van der Waals surface area contributed by atoms with Crippen molar-refractivity contribution in [1.82, 2.24) is 10.2 Å². The molecule has 76 valence electrons. The fraction of sp³-hybridized carbons (Fsp3) is 0.250. The topological polar surface area (TPSA) is 54.7 Å². The van der Waals surface area contributed by atoms with Gasteiger partial charge in [-0.25, -0.2) is 0 Å². The summed E-state index contributed by atoms with van der Waals surface area (Å²) in [5, 5.41) is 6.83. The molecule has 3 rings (SSSR count). The van der Waals surface area contributed by atoms with E-state index >= 15 is 0 Å². The van der Waals surface area contributed by atoms with Crippen LogP contribution in [0.4, 0.5) is 5.82 Å². The second kappa shape index (κ2) is 3.12. The summed E-state index contributed by atoms with van der Waals surface area (Å²) in [5.41, 5.74) is 9.14. The predicted molar refractivity (Wildman–Crippen MR) is 60.4 cm³/mol. The molecule has 0 saturated heterocycles. The highest BCUT2D eigenvalue weighted by molar-refractivity contribution is 5.62. The molecule has 1 saturated carbocycles. The first-order chi connectivity index (χ1) is 7.33. The molecule has 0 bridgehead atoms. The smallest absolute Gasteiger partial charge is 0.145 e. The van der Waals surface area contributed by atoms with Crippen LogP contribution in [0.5, 0.6) is 0 Å².